The molecule has 0 radical (unpaired) electrons. The first kappa shape index (κ1) is 15.1. The molecule has 2 atom stereocenters. The molecule has 1 aliphatic rings. The van der Waals surface area contributed by atoms with Crippen LogP contribution in [0.3, 0.4) is 0 Å². The lowest BCUT2D eigenvalue weighted by Crippen LogP contribution is -2.27. The van der Waals surface area contributed by atoms with Gasteiger partial charge in [0, 0.05) is 15.3 Å². The summed E-state index contributed by atoms with van der Waals surface area (Å²) in [6, 6.07) is 8.18. The van der Waals surface area contributed by atoms with Gasteiger partial charge in [-0.2, -0.15) is 0 Å². The Morgan fingerprint density at radius 2 is 1.74 bits per heavy atom. The maximum Gasteiger partial charge on any atom is 0.146 e. The van der Waals surface area contributed by atoms with E-state index in [4.69, 9.17) is 0 Å². The molecule has 104 valence electrons. The predicted octanol–water partition coefficient (Wildman–Crippen LogP) is 5.18. The number of carbonyl (C=O) groups is 1. The molecule has 2 unspecified atom stereocenters. The van der Waals surface area contributed by atoms with Gasteiger partial charge in [-0.1, -0.05) is 29.8 Å². The summed E-state index contributed by atoms with van der Waals surface area (Å²) in [5, 5.41) is 0. The molecule has 0 heterocycles. The molecule has 0 spiro atoms. The largest absolute Gasteiger partial charge is 0.298 e. The highest BCUT2D eigenvalue weighted by Crippen LogP contribution is 2.34. The standard InChI is InChI=1S/C16H21BrOS/c1-11-7-12(2)9-13(8-11)16(18)10-19-15-5-3-14(17)4-6-15/h3-6,11-13H,7-10H2,1-2H3. The topological polar surface area (TPSA) is 17.1 Å². The van der Waals surface area contributed by atoms with Crippen LogP contribution in [-0.2, 0) is 4.79 Å². The van der Waals surface area contributed by atoms with Gasteiger partial charge in [-0.25, -0.2) is 0 Å². The fourth-order valence-electron chi connectivity index (χ4n) is 3.01. The van der Waals surface area contributed by atoms with E-state index < -0.39 is 0 Å². The molecule has 1 nitrogen and oxygen atoms in total. The molecule has 3 heteroatoms. The van der Waals surface area contributed by atoms with Crippen LogP contribution in [0.2, 0.25) is 0 Å². The second-order valence-corrected chi connectivity index (χ2v) is 7.79. The van der Waals surface area contributed by atoms with Gasteiger partial charge < -0.3 is 0 Å². The molecule has 1 aromatic carbocycles. The van der Waals surface area contributed by atoms with Gasteiger partial charge in [0.25, 0.3) is 0 Å². The Morgan fingerprint density at radius 3 is 2.32 bits per heavy atom. The zero-order chi connectivity index (χ0) is 13.8. The van der Waals surface area contributed by atoms with Crippen LogP contribution >= 0.6 is 27.7 Å². The Kier molecular flexibility index (Phi) is 5.52. The van der Waals surface area contributed by atoms with Gasteiger partial charge in [0.15, 0.2) is 0 Å². The third-order valence-corrected chi connectivity index (χ3v) is 5.39. The van der Waals surface area contributed by atoms with Crippen LogP contribution in [0.25, 0.3) is 0 Å². The van der Waals surface area contributed by atoms with Gasteiger partial charge in [-0.3, -0.25) is 4.79 Å². The van der Waals surface area contributed by atoms with Crippen molar-refractivity contribution in [2.75, 3.05) is 5.75 Å². The lowest BCUT2D eigenvalue weighted by atomic mass is 9.75. The third kappa shape index (κ3) is 4.64. The Balaban J connectivity index is 1.85. The molecule has 0 saturated heterocycles. The molecule has 1 saturated carbocycles. The maximum absolute atomic E-state index is 12.3. The van der Waals surface area contributed by atoms with E-state index in [-0.39, 0.29) is 0 Å². The minimum absolute atomic E-state index is 0.293. The number of thioether (sulfide) groups is 1. The quantitative estimate of drug-likeness (QED) is 0.702. The number of rotatable bonds is 4. The van der Waals surface area contributed by atoms with Gasteiger partial charge in [0.2, 0.25) is 0 Å². The summed E-state index contributed by atoms with van der Waals surface area (Å²) in [5.41, 5.74) is 0. The fourth-order valence-corrected chi connectivity index (χ4v) is 4.15. The van der Waals surface area contributed by atoms with E-state index in [1.807, 2.05) is 12.1 Å². The second-order valence-electron chi connectivity index (χ2n) is 5.82. The lowest BCUT2D eigenvalue weighted by molar-refractivity contribution is -0.122. The van der Waals surface area contributed by atoms with Crippen LogP contribution in [0.15, 0.2) is 33.6 Å². The van der Waals surface area contributed by atoms with Crippen molar-refractivity contribution in [1.82, 2.24) is 0 Å². The van der Waals surface area contributed by atoms with Crippen molar-refractivity contribution >= 4 is 33.5 Å². The molecule has 0 N–H and O–H groups in total. The average Bonchev–Trinajstić information content (AvgIpc) is 2.36. The predicted molar refractivity (Wildman–Crippen MR) is 85.5 cm³/mol. The minimum Gasteiger partial charge on any atom is -0.298 e. The van der Waals surface area contributed by atoms with Gasteiger partial charge in [0.1, 0.15) is 5.78 Å². The first-order chi connectivity index (χ1) is 9.04. The number of hydrogen-bond donors (Lipinski definition) is 0. The lowest BCUT2D eigenvalue weighted by Gasteiger charge is -2.30. The number of hydrogen-bond acceptors (Lipinski definition) is 2. The summed E-state index contributed by atoms with van der Waals surface area (Å²) in [4.78, 5) is 13.5. The smallest absolute Gasteiger partial charge is 0.146 e. The van der Waals surface area contributed by atoms with Crippen LogP contribution in [0.5, 0.6) is 0 Å². The van der Waals surface area contributed by atoms with Crippen LogP contribution in [0, 0.1) is 17.8 Å². The molecule has 0 aromatic heterocycles. The first-order valence-corrected chi connectivity index (χ1v) is 8.73. The molecule has 2 rings (SSSR count). The summed E-state index contributed by atoms with van der Waals surface area (Å²) in [6.07, 6.45) is 3.46. The molecule has 0 bridgehead atoms. The van der Waals surface area contributed by atoms with Crippen molar-refractivity contribution in [2.24, 2.45) is 17.8 Å². The normalized spacial score (nSPS) is 27.2. The van der Waals surface area contributed by atoms with Crippen molar-refractivity contribution < 1.29 is 4.79 Å². The number of ketones is 1. The fraction of sp³-hybridized carbons (Fsp3) is 0.562. The highest BCUT2D eigenvalue weighted by Gasteiger charge is 2.28. The Morgan fingerprint density at radius 1 is 1.16 bits per heavy atom. The van der Waals surface area contributed by atoms with Crippen molar-refractivity contribution in [3.63, 3.8) is 0 Å². The number of halogens is 1. The van der Waals surface area contributed by atoms with Crippen LogP contribution in [0.1, 0.15) is 33.1 Å². The van der Waals surface area contributed by atoms with Crippen molar-refractivity contribution in [3.05, 3.63) is 28.7 Å². The van der Waals surface area contributed by atoms with Crippen LogP contribution in [-0.4, -0.2) is 11.5 Å². The summed E-state index contributed by atoms with van der Waals surface area (Å²) in [6.45, 7) is 4.55. The zero-order valence-corrected chi connectivity index (χ0v) is 14.0. The van der Waals surface area contributed by atoms with E-state index in [0.29, 0.717) is 29.3 Å². The average molecular weight is 341 g/mol. The summed E-state index contributed by atoms with van der Waals surface area (Å²) < 4.78 is 1.08. The molecule has 0 aliphatic heterocycles. The number of Topliss-reactive ketones (excluding diaryl/α,β-unsaturated/α-hetero) is 1. The monoisotopic (exact) mass is 340 g/mol. The molecule has 1 fully saturated rings. The van der Waals surface area contributed by atoms with Gasteiger partial charge in [-0.15, -0.1) is 11.8 Å². The van der Waals surface area contributed by atoms with Gasteiger partial charge in [-0.05, 0) is 55.4 Å². The molecule has 1 aliphatic carbocycles. The van der Waals surface area contributed by atoms with E-state index in [1.54, 1.807) is 11.8 Å². The van der Waals surface area contributed by atoms with Crippen molar-refractivity contribution in [3.8, 4) is 0 Å². The molecule has 19 heavy (non-hydrogen) atoms. The van der Waals surface area contributed by atoms with E-state index >= 15 is 0 Å². The summed E-state index contributed by atoms with van der Waals surface area (Å²) in [7, 11) is 0. The maximum atomic E-state index is 12.3. The molecule has 0 amide bonds. The van der Waals surface area contributed by atoms with Crippen molar-refractivity contribution in [1.29, 1.82) is 0 Å². The van der Waals surface area contributed by atoms with Crippen molar-refractivity contribution in [2.45, 2.75) is 38.0 Å². The van der Waals surface area contributed by atoms with E-state index in [2.05, 4.69) is 41.9 Å². The van der Waals surface area contributed by atoms with Gasteiger partial charge in [0.05, 0.1) is 5.75 Å². The third-order valence-electron chi connectivity index (χ3n) is 3.83. The SMILES string of the molecule is CC1CC(C)CC(C(=O)CSc2ccc(Br)cc2)C1. The Hall–Kier alpha value is -0.280. The zero-order valence-electron chi connectivity index (χ0n) is 11.6. The van der Waals surface area contributed by atoms with Crippen LogP contribution in [0.4, 0.5) is 0 Å². The Labute approximate surface area is 128 Å². The number of benzene rings is 1. The molecular formula is C16H21BrOS. The Bertz CT molecular complexity index is 419. The van der Waals surface area contributed by atoms with E-state index in [1.165, 1.54) is 11.3 Å². The number of carbonyl (C=O) groups excluding carboxylic acids is 1. The highest BCUT2D eigenvalue weighted by atomic mass is 79.9. The van der Waals surface area contributed by atoms with Crippen LogP contribution < -0.4 is 0 Å². The first-order valence-electron chi connectivity index (χ1n) is 6.95. The summed E-state index contributed by atoms with van der Waals surface area (Å²) >= 11 is 5.09. The second kappa shape index (κ2) is 6.94. The molecule has 1 aromatic rings. The minimum atomic E-state index is 0.293. The summed E-state index contributed by atoms with van der Waals surface area (Å²) in [5.74, 6) is 2.75. The van der Waals surface area contributed by atoms with Gasteiger partial charge >= 0.3 is 0 Å². The highest BCUT2D eigenvalue weighted by molar-refractivity contribution is 9.10. The molecular weight excluding hydrogens is 320 g/mol. The van der Waals surface area contributed by atoms with E-state index in [0.717, 1.165) is 17.3 Å². The van der Waals surface area contributed by atoms with E-state index in [9.17, 15) is 4.79 Å².